The number of aromatic hydroxyl groups is 1. The lowest BCUT2D eigenvalue weighted by atomic mass is 10.1. The van der Waals surface area contributed by atoms with Crippen molar-refractivity contribution in [1.82, 2.24) is 5.32 Å². The van der Waals surface area contributed by atoms with Gasteiger partial charge >= 0.3 is 0 Å². The first kappa shape index (κ1) is 21.7. The Balaban J connectivity index is 1.66. The molecular weight excluding hydrogens is 413 g/mol. The molecule has 0 bridgehead atoms. The van der Waals surface area contributed by atoms with Crippen molar-refractivity contribution in [2.75, 3.05) is 12.4 Å². The van der Waals surface area contributed by atoms with Gasteiger partial charge in [-0.2, -0.15) is 0 Å². The van der Waals surface area contributed by atoms with Gasteiger partial charge in [0.2, 0.25) is 0 Å². The Morgan fingerprint density at radius 3 is 2.26 bits per heavy atom. The zero-order valence-corrected chi connectivity index (χ0v) is 16.2. The maximum Gasteiger partial charge on any atom is 0.255 e. The minimum Gasteiger partial charge on any atom is -0.507 e. The predicted molar refractivity (Wildman–Crippen MR) is 107 cm³/mol. The van der Waals surface area contributed by atoms with Crippen LogP contribution < -0.4 is 15.4 Å². The predicted octanol–water partition coefficient (Wildman–Crippen LogP) is 4.00. The van der Waals surface area contributed by atoms with Gasteiger partial charge in [0.25, 0.3) is 11.8 Å². The van der Waals surface area contributed by atoms with E-state index in [2.05, 4.69) is 10.6 Å². The van der Waals surface area contributed by atoms with Crippen LogP contribution in [0.2, 0.25) is 0 Å². The van der Waals surface area contributed by atoms with Crippen molar-refractivity contribution in [3.8, 4) is 11.5 Å². The van der Waals surface area contributed by atoms with Crippen LogP contribution in [0.1, 0.15) is 26.3 Å². The first-order chi connectivity index (χ1) is 14.8. The molecule has 31 heavy (non-hydrogen) atoms. The number of ether oxygens (including phenoxy) is 1. The number of nitrogens with one attached hydrogen (secondary N) is 2. The van der Waals surface area contributed by atoms with Crippen molar-refractivity contribution in [3.05, 3.63) is 88.7 Å². The fraction of sp³-hybridized carbons (Fsp3) is 0.0909. The van der Waals surface area contributed by atoms with Gasteiger partial charge in [-0.05, 0) is 42.0 Å². The van der Waals surface area contributed by atoms with Gasteiger partial charge < -0.3 is 20.5 Å². The van der Waals surface area contributed by atoms with Crippen molar-refractivity contribution in [2.45, 2.75) is 6.54 Å². The minimum absolute atomic E-state index is 0.00279. The van der Waals surface area contributed by atoms with E-state index in [1.807, 2.05) is 0 Å². The Kier molecular flexibility index (Phi) is 6.44. The highest BCUT2D eigenvalue weighted by atomic mass is 19.1. The fourth-order valence-corrected chi connectivity index (χ4v) is 2.79. The number of halogens is 3. The third kappa shape index (κ3) is 5.33. The maximum absolute atomic E-state index is 13.7. The topological polar surface area (TPSA) is 87.7 Å². The zero-order chi connectivity index (χ0) is 22.5. The van der Waals surface area contributed by atoms with E-state index in [9.17, 15) is 27.9 Å². The first-order valence-electron chi connectivity index (χ1n) is 8.98. The first-order valence-corrected chi connectivity index (χ1v) is 8.98. The summed E-state index contributed by atoms with van der Waals surface area (Å²) < 4.78 is 45.1. The van der Waals surface area contributed by atoms with Crippen LogP contribution in [0.25, 0.3) is 0 Å². The lowest BCUT2D eigenvalue weighted by molar-refractivity contribution is 0.0947. The molecule has 0 heterocycles. The van der Waals surface area contributed by atoms with E-state index in [0.29, 0.717) is 11.6 Å². The van der Waals surface area contributed by atoms with Crippen LogP contribution in [0.3, 0.4) is 0 Å². The SMILES string of the molecule is COc1ccc(CNC(=O)c2ccc(NC(=O)c3cc(F)cc(F)c3)cc2O)cc1F. The summed E-state index contributed by atoms with van der Waals surface area (Å²) in [6.07, 6.45) is 0. The number of phenolic OH excluding ortho intramolecular Hbond substituents is 1. The fourth-order valence-electron chi connectivity index (χ4n) is 2.79. The monoisotopic (exact) mass is 430 g/mol. The second kappa shape index (κ2) is 9.21. The van der Waals surface area contributed by atoms with Crippen LogP contribution in [0.5, 0.6) is 11.5 Å². The highest BCUT2D eigenvalue weighted by molar-refractivity contribution is 6.05. The van der Waals surface area contributed by atoms with Crippen LogP contribution in [-0.2, 0) is 6.54 Å². The number of hydrogen-bond donors (Lipinski definition) is 3. The Morgan fingerprint density at radius 1 is 0.935 bits per heavy atom. The number of methoxy groups -OCH3 is 1. The van der Waals surface area contributed by atoms with Gasteiger partial charge in [0.05, 0.1) is 12.7 Å². The normalized spacial score (nSPS) is 10.5. The summed E-state index contributed by atoms with van der Waals surface area (Å²) in [5.41, 5.74) is 0.271. The third-order valence-corrected chi connectivity index (χ3v) is 4.29. The summed E-state index contributed by atoms with van der Waals surface area (Å²) in [6.45, 7) is 0.00279. The molecule has 0 fully saturated rings. The Morgan fingerprint density at radius 2 is 1.65 bits per heavy atom. The van der Waals surface area contributed by atoms with E-state index in [0.717, 1.165) is 18.2 Å². The Bertz CT molecular complexity index is 1130. The lowest BCUT2D eigenvalue weighted by Crippen LogP contribution is -2.23. The van der Waals surface area contributed by atoms with E-state index >= 15 is 0 Å². The highest BCUT2D eigenvalue weighted by Gasteiger charge is 2.14. The molecule has 3 rings (SSSR count). The van der Waals surface area contributed by atoms with E-state index in [4.69, 9.17) is 4.74 Å². The summed E-state index contributed by atoms with van der Waals surface area (Å²) >= 11 is 0. The molecule has 0 saturated carbocycles. The zero-order valence-electron chi connectivity index (χ0n) is 16.2. The number of carbonyl (C=O) groups is 2. The summed E-state index contributed by atoms with van der Waals surface area (Å²) in [6, 6.07) is 10.3. The molecular formula is C22H17F3N2O4. The van der Waals surface area contributed by atoms with Gasteiger partial charge in [-0.25, -0.2) is 13.2 Å². The molecule has 160 valence electrons. The van der Waals surface area contributed by atoms with Crippen molar-refractivity contribution in [2.24, 2.45) is 0 Å². The van der Waals surface area contributed by atoms with Crippen LogP contribution in [0, 0.1) is 17.5 Å². The van der Waals surface area contributed by atoms with Gasteiger partial charge in [-0.15, -0.1) is 0 Å². The van der Waals surface area contributed by atoms with E-state index in [1.165, 1.54) is 31.4 Å². The van der Waals surface area contributed by atoms with E-state index in [1.54, 1.807) is 6.07 Å². The van der Waals surface area contributed by atoms with E-state index in [-0.39, 0.29) is 29.1 Å². The number of anilines is 1. The summed E-state index contributed by atoms with van der Waals surface area (Å²) in [4.78, 5) is 24.5. The molecule has 0 saturated heterocycles. The third-order valence-electron chi connectivity index (χ3n) is 4.29. The molecule has 0 atom stereocenters. The van der Waals surface area contributed by atoms with Gasteiger partial charge in [-0.1, -0.05) is 6.07 Å². The smallest absolute Gasteiger partial charge is 0.255 e. The van der Waals surface area contributed by atoms with Gasteiger partial charge in [0.1, 0.15) is 17.4 Å². The number of benzene rings is 3. The van der Waals surface area contributed by atoms with Crippen molar-refractivity contribution in [3.63, 3.8) is 0 Å². The molecule has 0 aliphatic carbocycles. The van der Waals surface area contributed by atoms with Crippen LogP contribution in [0.15, 0.2) is 54.6 Å². The van der Waals surface area contributed by atoms with Crippen LogP contribution in [0.4, 0.5) is 18.9 Å². The van der Waals surface area contributed by atoms with Crippen molar-refractivity contribution in [1.29, 1.82) is 0 Å². The number of phenols is 1. The Labute approximate surface area is 175 Å². The average molecular weight is 430 g/mol. The summed E-state index contributed by atoms with van der Waals surface area (Å²) in [5, 5.41) is 15.1. The number of hydrogen-bond acceptors (Lipinski definition) is 4. The van der Waals surface area contributed by atoms with Gasteiger partial charge in [-0.3, -0.25) is 9.59 Å². The molecule has 0 aromatic heterocycles. The molecule has 3 aromatic rings. The molecule has 0 unspecified atom stereocenters. The average Bonchev–Trinajstić information content (AvgIpc) is 2.71. The quantitative estimate of drug-likeness (QED) is 0.552. The molecule has 2 amide bonds. The molecule has 0 radical (unpaired) electrons. The Hall–Kier alpha value is -4.01. The largest absolute Gasteiger partial charge is 0.507 e. The summed E-state index contributed by atoms with van der Waals surface area (Å²) in [7, 11) is 1.34. The molecule has 9 heteroatoms. The van der Waals surface area contributed by atoms with E-state index < -0.39 is 35.0 Å². The molecule has 3 aromatic carbocycles. The van der Waals surface area contributed by atoms with Crippen molar-refractivity contribution < 1.29 is 32.6 Å². The number of amides is 2. The molecule has 3 N–H and O–H groups in total. The molecule has 0 spiro atoms. The maximum atomic E-state index is 13.7. The second-order valence-electron chi connectivity index (χ2n) is 6.50. The molecule has 6 nitrogen and oxygen atoms in total. The highest BCUT2D eigenvalue weighted by Crippen LogP contribution is 2.23. The molecule has 0 aliphatic rings. The lowest BCUT2D eigenvalue weighted by Gasteiger charge is -2.10. The minimum atomic E-state index is -0.906. The number of carbonyl (C=O) groups excluding carboxylic acids is 2. The molecule has 0 aliphatic heterocycles. The standard InChI is InChI=1S/C22H17F3N2O4/c1-31-20-5-2-12(6-18(20)25)11-26-22(30)17-4-3-16(10-19(17)28)27-21(29)13-7-14(23)9-15(24)8-13/h2-10,28H,11H2,1H3,(H,26,30)(H,27,29). The summed E-state index contributed by atoms with van der Waals surface area (Å²) in [5.74, 6) is -4.16. The van der Waals surface area contributed by atoms with Crippen LogP contribution >= 0.6 is 0 Å². The van der Waals surface area contributed by atoms with Gasteiger partial charge in [0.15, 0.2) is 11.6 Å². The second-order valence-corrected chi connectivity index (χ2v) is 6.50. The van der Waals surface area contributed by atoms with Gasteiger partial charge in [0, 0.05) is 29.9 Å². The van der Waals surface area contributed by atoms with Crippen molar-refractivity contribution >= 4 is 17.5 Å². The number of rotatable bonds is 6. The van der Waals surface area contributed by atoms with Crippen LogP contribution in [-0.4, -0.2) is 24.0 Å².